The van der Waals surface area contributed by atoms with Crippen molar-refractivity contribution in [1.29, 1.82) is 0 Å². The average molecular weight is 450 g/mol. The molecular formula is C24H39N3OS2. The molecule has 0 atom stereocenters. The van der Waals surface area contributed by atoms with Crippen molar-refractivity contribution in [3.63, 3.8) is 0 Å². The number of hydrogen-bond donors (Lipinski definition) is 0. The van der Waals surface area contributed by atoms with Crippen molar-refractivity contribution in [2.75, 3.05) is 0 Å². The van der Waals surface area contributed by atoms with Crippen molar-refractivity contribution in [2.45, 2.75) is 101 Å². The maximum atomic E-state index is 5.36. The molecule has 6 heteroatoms. The SMILES string of the molecule is Cc1nc(C(C)C)c(C)s1.Cc1nc(C)c(C(C)C)o1.Cc1nc(C)c(C(C)C)s1. The van der Waals surface area contributed by atoms with E-state index in [0.29, 0.717) is 17.8 Å². The number of nitrogens with zero attached hydrogens (tertiary/aromatic N) is 3. The van der Waals surface area contributed by atoms with Crippen LogP contribution < -0.4 is 0 Å². The zero-order valence-corrected chi connectivity index (χ0v) is 22.4. The van der Waals surface area contributed by atoms with E-state index in [9.17, 15) is 0 Å². The first-order valence-corrected chi connectivity index (χ1v) is 12.3. The van der Waals surface area contributed by atoms with Crippen LogP contribution in [0.3, 0.4) is 0 Å². The summed E-state index contributed by atoms with van der Waals surface area (Å²) in [5, 5.41) is 2.36. The Morgan fingerprint density at radius 1 is 0.633 bits per heavy atom. The number of aromatic nitrogens is 3. The topological polar surface area (TPSA) is 51.8 Å². The average Bonchev–Trinajstić information content (AvgIpc) is 3.25. The Hall–Kier alpha value is -1.53. The van der Waals surface area contributed by atoms with Crippen LogP contribution in [0.4, 0.5) is 0 Å². The first-order valence-electron chi connectivity index (χ1n) is 10.6. The third-order valence-corrected chi connectivity index (χ3v) is 6.69. The predicted molar refractivity (Wildman–Crippen MR) is 131 cm³/mol. The van der Waals surface area contributed by atoms with E-state index in [1.165, 1.54) is 31.2 Å². The molecule has 0 aliphatic carbocycles. The molecule has 0 saturated carbocycles. The summed E-state index contributed by atoms with van der Waals surface area (Å²) in [6.45, 7) is 25.2. The van der Waals surface area contributed by atoms with Gasteiger partial charge >= 0.3 is 0 Å². The maximum Gasteiger partial charge on any atom is 0.191 e. The van der Waals surface area contributed by atoms with Gasteiger partial charge < -0.3 is 4.42 Å². The maximum absolute atomic E-state index is 5.36. The van der Waals surface area contributed by atoms with Gasteiger partial charge in [0.25, 0.3) is 0 Å². The van der Waals surface area contributed by atoms with E-state index in [0.717, 1.165) is 17.3 Å². The Balaban J connectivity index is 0.000000225. The molecule has 0 aromatic carbocycles. The largest absolute Gasteiger partial charge is 0.445 e. The van der Waals surface area contributed by atoms with Crippen molar-refractivity contribution in [1.82, 2.24) is 15.0 Å². The standard InChI is InChI=1S/C8H13NO.2C8H13NS/c1-5(2)8-6(3)9-7(4)10-8;1-5(2)8-6(3)10-7(4)9-8;1-5(2)8-6(3)9-7(4)10-8/h3*5H,1-4H3. The highest BCUT2D eigenvalue weighted by Gasteiger charge is 2.09. The lowest BCUT2D eigenvalue weighted by Gasteiger charge is -1.99. The van der Waals surface area contributed by atoms with Crippen LogP contribution in [0.5, 0.6) is 0 Å². The minimum atomic E-state index is 0.446. The molecule has 0 aliphatic heterocycles. The summed E-state index contributed by atoms with van der Waals surface area (Å²) in [6.07, 6.45) is 0. The number of thiazole rings is 2. The Morgan fingerprint density at radius 2 is 1.20 bits per heavy atom. The molecule has 0 amide bonds. The molecule has 0 radical (unpaired) electrons. The van der Waals surface area contributed by atoms with E-state index in [1.807, 2.05) is 25.2 Å². The molecule has 0 N–H and O–H groups in total. The van der Waals surface area contributed by atoms with E-state index in [2.05, 4.69) is 84.2 Å². The number of hydrogen-bond acceptors (Lipinski definition) is 6. The molecule has 3 aromatic rings. The van der Waals surface area contributed by atoms with Crippen molar-refractivity contribution >= 4 is 22.7 Å². The summed E-state index contributed by atoms with van der Waals surface area (Å²) in [5.41, 5.74) is 3.49. The van der Waals surface area contributed by atoms with Crippen molar-refractivity contribution in [2.24, 2.45) is 0 Å². The summed E-state index contributed by atoms with van der Waals surface area (Å²) in [6, 6.07) is 0. The van der Waals surface area contributed by atoms with Gasteiger partial charge in [0, 0.05) is 22.6 Å². The molecule has 0 aliphatic rings. The van der Waals surface area contributed by atoms with Gasteiger partial charge in [0.1, 0.15) is 5.76 Å². The third kappa shape index (κ3) is 7.95. The van der Waals surface area contributed by atoms with Crippen molar-refractivity contribution in [3.8, 4) is 0 Å². The molecule has 3 aromatic heterocycles. The molecule has 168 valence electrons. The van der Waals surface area contributed by atoms with Gasteiger partial charge in [-0.15, -0.1) is 22.7 Å². The molecular weight excluding hydrogens is 410 g/mol. The molecule has 3 heterocycles. The lowest BCUT2D eigenvalue weighted by Crippen LogP contribution is -1.89. The second kappa shape index (κ2) is 11.8. The van der Waals surface area contributed by atoms with Crippen molar-refractivity contribution in [3.05, 3.63) is 48.5 Å². The van der Waals surface area contributed by atoms with E-state index in [-0.39, 0.29) is 0 Å². The minimum Gasteiger partial charge on any atom is -0.445 e. The Kier molecular flexibility index (Phi) is 10.4. The number of oxazole rings is 1. The van der Waals surface area contributed by atoms with Crippen LogP contribution in [0.25, 0.3) is 0 Å². The van der Waals surface area contributed by atoms with Gasteiger partial charge in [-0.2, -0.15) is 0 Å². The van der Waals surface area contributed by atoms with Crippen molar-refractivity contribution < 1.29 is 4.42 Å². The summed E-state index contributed by atoms with van der Waals surface area (Å²) >= 11 is 3.60. The van der Waals surface area contributed by atoms with Gasteiger partial charge in [-0.1, -0.05) is 41.5 Å². The van der Waals surface area contributed by atoms with Crippen LogP contribution in [0, 0.1) is 41.5 Å². The van der Waals surface area contributed by atoms with E-state index < -0.39 is 0 Å². The van der Waals surface area contributed by atoms with Gasteiger partial charge in [-0.05, 0) is 46.5 Å². The quantitative estimate of drug-likeness (QED) is 0.404. The smallest absolute Gasteiger partial charge is 0.191 e. The van der Waals surface area contributed by atoms with Crippen LogP contribution in [0.1, 0.15) is 108 Å². The summed E-state index contributed by atoms with van der Waals surface area (Å²) in [7, 11) is 0. The Morgan fingerprint density at radius 3 is 1.40 bits per heavy atom. The lowest BCUT2D eigenvalue weighted by molar-refractivity contribution is 0.455. The van der Waals surface area contributed by atoms with Crippen LogP contribution >= 0.6 is 22.7 Å². The highest BCUT2D eigenvalue weighted by Crippen LogP contribution is 2.25. The molecule has 0 fully saturated rings. The fourth-order valence-electron chi connectivity index (χ4n) is 3.25. The van der Waals surface area contributed by atoms with Gasteiger partial charge in [0.15, 0.2) is 5.89 Å². The van der Waals surface area contributed by atoms with Crippen LogP contribution in [0.2, 0.25) is 0 Å². The predicted octanol–water partition coefficient (Wildman–Crippen LogP) is 8.18. The highest BCUT2D eigenvalue weighted by molar-refractivity contribution is 7.12. The number of aryl methyl sites for hydroxylation is 6. The zero-order chi connectivity index (χ0) is 23.2. The summed E-state index contributed by atoms with van der Waals surface area (Å²) in [5.74, 6) is 3.43. The lowest BCUT2D eigenvalue weighted by atomic mass is 10.1. The first-order chi connectivity index (χ1) is 13.8. The Bertz CT molecular complexity index is 798. The van der Waals surface area contributed by atoms with Gasteiger partial charge in [-0.25, -0.2) is 15.0 Å². The van der Waals surface area contributed by atoms with Gasteiger partial charge in [-0.3, -0.25) is 0 Å². The molecule has 4 nitrogen and oxygen atoms in total. The van der Waals surface area contributed by atoms with Gasteiger partial charge in [0.2, 0.25) is 0 Å². The van der Waals surface area contributed by atoms with E-state index >= 15 is 0 Å². The normalized spacial score (nSPS) is 10.9. The summed E-state index contributed by atoms with van der Waals surface area (Å²) < 4.78 is 5.36. The van der Waals surface area contributed by atoms with Gasteiger partial charge in [0.05, 0.1) is 27.1 Å². The Labute approximate surface area is 191 Å². The molecule has 0 unspecified atom stereocenters. The van der Waals surface area contributed by atoms with Crippen LogP contribution in [0.15, 0.2) is 4.42 Å². The first kappa shape index (κ1) is 26.5. The third-order valence-electron chi connectivity index (χ3n) is 4.41. The highest BCUT2D eigenvalue weighted by atomic mass is 32.1. The van der Waals surface area contributed by atoms with E-state index in [4.69, 9.17) is 4.42 Å². The second-order valence-electron chi connectivity index (χ2n) is 8.50. The minimum absolute atomic E-state index is 0.446. The molecule has 0 saturated heterocycles. The van der Waals surface area contributed by atoms with Crippen LogP contribution in [-0.2, 0) is 0 Å². The molecule has 3 rings (SSSR count). The number of rotatable bonds is 3. The summed E-state index contributed by atoms with van der Waals surface area (Å²) in [4.78, 5) is 15.7. The zero-order valence-electron chi connectivity index (χ0n) is 20.8. The van der Waals surface area contributed by atoms with Crippen LogP contribution in [-0.4, -0.2) is 15.0 Å². The second-order valence-corrected chi connectivity index (χ2v) is 11.1. The molecule has 0 bridgehead atoms. The van der Waals surface area contributed by atoms with E-state index in [1.54, 1.807) is 11.3 Å². The molecule has 30 heavy (non-hydrogen) atoms. The fourth-order valence-corrected chi connectivity index (χ4v) is 5.15. The molecule has 0 spiro atoms. The monoisotopic (exact) mass is 449 g/mol. The fraction of sp³-hybridized carbons (Fsp3) is 0.625.